The molecule has 122 valence electrons. The Bertz CT molecular complexity index is 650. The Labute approximate surface area is 131 Å². The Hall–Kier alpha value is -1.60. The highest BCUT2D eigenvalue weighted by atomic mass is 32.2. The molecular formula is C15H22N2O4S. The summed E-state index contributed by atoms with van der Waals surface area (Å²) < 4.78 is 27.6. The zero-order valence-corrected chi connectivity index (χ0v) is 13.7. The monoisotopic (exact) mass is 326 g/mol. The maximum absolute atomic E-state index is 12.6. The molecule has 0 bridgehead atoms. The van der Waals surface area contributed by atoms with E-state index in [0.29, 0.717) is 5.69 Å². The van der Waals surface area contributed by atoms with E-state index in [9.17, 15) is 13.2 Å². The molecule has 1 aromatic carbocycles. The summed E-state index contributed by atoms with van der Waals surface area (Å²) in [5.41, 5.74) is 0.558. The van der Waals surface area contributed by atoms with Crippen LogP contribution < -0.4 is 9.62 Å². The maximum Gasteiger partial charge on any atom is 0.335 e. The predicted octanol–water partition coefficient (Wildman–Crippen LogP) is 2.06. The molecule has 0 aromatic heterocycles. The number of sulfonamides is 1. The first-order valence-corrected chi connectivity index (χ1v) is 8.94. The van der Waals surface area contributed by atoms with Gasteiger partial charge in [0.15, 0.2) is 0 Å². The van der Waals surface area contributed by atoms with Gasteiger partial charge in [0.1, 0.15) is 4.90 Å². The summed E-state index contributed by atoms with van der Waals surface area (Å²) in [6, 6.07) is 4.05. The molecule has 0 radical (unpaired) electrons. The van der Waals surface area contributed by atoms with Crippen LogP contribution in [0.15, 0.2) is 23.1 Å². The quantitative estimate of drug-likeness (QED) is 0.865. The summed E-state index contributed by atoms with van der Waals surface area (Å²) in [6.45, 7) is 5.05. The topological polar surface area (TPSA) is 86.7 Å². The Morgan fingerprint density at radius 2 is 1.86 bits per heavy atom. The molecule has 2 rings (SSSR count). The van der Waals surface area contributed by atoms with Crippen LogP contribution in [0.4, 0.5) is 5.69 Å². The third-order valence-corrected chi connectivity index (χ3v) is 5.27. The predicted molar refractivity (Wildman–Crippen MR) is 84.9 cm³/mol. The first kappa shape index (κ1) is 16.8. The van der Waals surface area contributed by atoms with Crippen LogP contribution in [0.1, 0.15) is 43.5 Å². The number of hydrogen-bond donors (Lipinski definition) is 2. The van der Waals surface area contributed by atoms with Crippen LogP contribution in [0.5, 0.6) is 0 Å². The lowest BCUT2D eigenvalue weighted by Gasteiger charge is -2.30. The molecule has 0 saturated carbocycles. The number of nitrogens with one attached hydrogen (secondary N) is 1. The average Bonchev–Trinajstić information content (AvgIpc) is 2.46. The van der Waals surface area contributed by atoms with Crippen LogP contribution in [-0.4, -0.2) is 38.6 Å². The Morgan fingerprint density at radius 3 is 2.41 bits per heavy atom. The van der Waals surface area contributed by atoms with E-state index in [2.05, 4.69) is 4.72 Å². The highest BCUT2D eigenvalue weighted by Crippen LogP contribution is 2.29. The summed E-state index contributed by atoms with van der Waals surface area (Å²) in [6.07, 6.45) is 3.16. The van der Waals surface area contributed by atoms with Gasteiger partial charge in [-0.05, 0) is 51.3 Å². The number of nitrogens with zero attached hydrogens (tertiary/aromatic N) is 1. The molecular weight excluding hydrogens is 304 g/mol. The van der Waals surface area contributed by atoms with Crippen molar-refractivity contribution in [1.82, 2.24) is 4.72 Å². The van der Waals surface area contributed by atoms with Gasteiger partial charge in [0.2, 0.25) is 10.0 Å². The molecule has 0 amide bonds. The summed E-state index contributed by atoms with van der Waals surface area (Å²) in [5.74, 6) is -1.13. The average molecular weight is 326 g/mol. The van der Waals surface area contributed by atoms with Crippen LogP contribution in [0.25, 0.3) is 0 Å². The molecule has 0 atom stereocenters. The largest absolute Gasteiger partial charge is 0.478 e. The second-order valence-corrected chi connectivity index (χ2v) is 7.49. The number of carboxylic acids is 1. The number of hydrogen-bond acceptors (Lipinski definition) is 4. The number of carboxylic acid groups (broad SMARTS) is 1. The molecule has 1 saturated heterocycles. The molecule has 1 fully saturated rings. The van der Waals surface area contributed by atoms with E-state index < -0.39 is 16.0 Å². The summed E-state index contributed by atoms with van der Waals surface area (Å²) in [5, 5.41) is 9.13. The minimum absolute atomic E-state index is 0.0232. The fourth-order valence-electron chi connectivity index (χ4n) is 2.63. The van der Waals surface area contributed by atoms with Gasteiger partial charge in [0.25, 0.3) is 0 Å². The van der Waals surface area contributed by atoms with Gasteiger partial charge >= 0.3 is 5.97 Å². The van der Waals surface area contributed by atoms with E-state index >= 15 is 0 Å². The van der Waals surface area contributed by atoms with Crippen LogP contribution >= 0.6 is 0 Å². The molecule has 1 aromatic rings. The molecule has 2 N–H and O–H groups in total. The number of carbonyl (C=O) groups is 1. The third kappa shape index (κ3) is 3.78. The van der Waals surface area contributed by atoms with Crippen molar-refractivity contribution in [2.75, 3.05) is 18.0 Å². The fraction of sp³-hybridized carbons (Fsp3) is 0.533. The van der Waals surface area contributed by atoms with Crippen LogP contribution in [0, 0.1) is 0 Å². The lowest BCUT2D eigenvalue weighted by Crippen LogP contribution is -2.34. The van der Waals surface area contributed by atoms with Crippen molar-refractivity contribution < 1.29 is 18.3 Å². The van der Waals surface area contributed by atoms with Gasteiger partial charge in [-0.2, -0.15) is 0 Å². The molecule has 22 heavy (non-hydrogen) atoms. The zero-order valence-electron chi connectivity index (χ0n) is 12.9. The van der Waals surface area contributed by atoms with Crippen molar-refractivity contribution >= 4 is 21.7 Å². The SMILES string of the molecule is CC(C)NS(=O)(=O)c1cc(C(=O)O)ccc1N1CCCCC1. The molecule has 1 aliphatic rings. The molecule has 1 aliphatic heterocycles. The molecule has 0 unspecified atom stereocenters. The van der Waals surface area contributed by atoms with E-state index in [1.807, 2.05) is 4.90 Å². The van der Waals surface area contributed by atoms with E-state index in [-0.39, 0.29) is 16.5 Å². The van der Waals surface area contributed by atoms with Crippen LogP contribution in [0.2, 0.25) is 0 Å². The summed E-state index contributed by atoms with van der Waals surface area (Å²) in [7, 11) is -3.75. The number of piperidine rings is 1. The number of aromatic carboxylic acids is 1. The van der Waals surface area contributed by atoms with Crippen molar-refractivity contribution in [2.24, 2.45) is 0 Å². The molecule has 1 heterocycles. The van der Waals surface area contributed by atoms with Gasteiger partial charge in [0, 0.05) is 19.1 Å². The lowest BCUT2D eigenvalue weighted by molar-refractivity contribution is 0.0696. The smallest absolute Gasteiger partial charge is 0.335 e. The van der Waals surface area contributed by atoms with Crippen molar-refractivity contribution in [3.8, 4) is 0 Å². The van der Waals surface area contributed by atoms with Gasteiger partial charge in [-0.3, -0.25) is 0 Å². The van der Waals surface area contributed by atoms with Crippen molar-refractivity contribution in [2.45, 2.75) is 44.0 Å². The van der Waals surface area contributed by atoms with Crippen molar-refractivity contribution in [1.29, 1.82) is 0 Å². The normalized spacial score (nSPS) is 16.0. The molecule has 6 nitrogen and oxygen atoms in total. The standard InChI is InChI=1S/C15H22N2O4S/c1-11(2)16-22(20,21)14-10-12(15(18)19)6-7-13(14)17-8-4-3-5-9-17/h6-7,10-11,16H,3-5,8-9H2,1-2H3,(H,18,19). The summed E-state index contributed by atoms with van der Waals surface area (Å²) >= 11 is 0. The highest BCUT2D eigenvalue weighted by Gasteiger charge is 2.25. The van der Waals surface area contributed by atoms with Gasteiger partial charge in [0.05, 0.1) is 11.3 Å². The first-order valence-electron chi connectivity index (χ1n) is 7.46. The first-order chi connectivity index (χ1) is 10.3. The second kappa shape index (κ2) is 6.66. The zero-order chi connectivity index (χ0) is 16.3. The number of benzene rings is 1. The van der Waals surface area contributed by atoms with Gasteiger partial charge < -0.3 is 10.0 Å². The van der Waals surface area contributed by atoms with E-state index in [4.69, 9.17) is 5.11 Å². The summed E-state index contributed by atoms with van der Waals surface area (Å²) in [4.78, 5) is 13.2. The Kier molecular flexibility index (Phi) is 5.08. The second-order valence-electron chi connectivity index (χ2n) is 5.81. The van der Waals surface area contributed by atoms with Gasteiger partial charge in [-0.25, -0.2) is 17.9 Å². The van der Waals surface area contributed by atoms with Gasteiger partial charge in [-0.15, -0.1) is 0 Å². The van der Waals surface area contributed by atoms with Crippen LogP contribution in [0.3, 0.4) is 0 Å². The minimum atomic E-state index is -3.75. The number of anilines is 1. The minimum Gasteiger partial charge on any atom is -0.478 e. The van der Waals surface area contributed by atoms with Crippen LogP contribution in [-0.2, 0) is 10.0 Å². The maximum atomic E-state index is 12.6. The number of rotatable bonds is 5. The Balaban J connectivity index is 2.50. The molecule has 7 heteroatoms. The lowest BCUT2D eigenvalue weighted by atomic mass is 10.1. The fourth-order valence-corrected chi connectivity index (χ4v) is 4.13. The van der Waals surface area contributed by atoms with Crippen molar-refractivity contribution in [3.63, 3.8) is 0 Å². The molecule has 0 spiro atoms. The third-order valence-electron chi connectivity index (χ3n) is 3.58. The van der Waals surface area contributed by atoms with E-state index in [1.54, 1.807) is 19.9 Å². The van der Waals surface area contributed by atoms with E-state index in [1.165, 1.54) is 12.1 Å². The highest BCUT2D eigenvalue weighted by molar-refractivity contribution is 7.89. The van der Waals surface area contributed by atoms with Crippen molar-refractivity contribution in [3.05, 3.63) is 23.8 Å². The van der Waals surface area contributed by atoms with Gasteiger partial charge in [-0.1, -0.05) is 0 Å². The molecule has 0 aliphatic carbocycles. The Morgan fingerprint density at radius 1 is 1.23 bits per heavy atom. The van der Waals surface area contributed by atoms with E-state index in [0.717, 1.165) is 32.4 Å².